The first-order valence-corrected chi connectivity index (χ1v) is 13.0. The molecule has 9 heteroatoms. The largest absolute Gasteiger partial charge is 0.497 e. The van der Waals surface area contributed by atoms with E-state index in [1.807, 2.05) is 24.3 Å². The third kappa shape index (κ3) is 4.99. The van der Waals surface area contributed by atoms with Crippen molar-refractivity contribution in [3.8, 4) is 28.2 Å². The topological polar surface area (TPSA) is 83.7 Å². The number of nitrogens with one attached hydrogen (secondary N) is 1. The zero-order chi connectivity index (χ0) is 27.6. The minimum Gasteiger partial charge on any atom is -0.497 e. The van der Waals surface area contributed by atoms with E-state index in [0.29, 0.717) is 28.5 Å². The van der Waals surface area contributed by atoms with Gasteiger partial charge in [0.25, 0.3) is 5.91 Å². The number of carbonyl (C=O) groups is 1. The fourth-order valence-electron chi connectivity index (χ4n) is 4.92. The number of anilines is 2. The average molecular weight is 538 g/mol. The number of nitrogens with zero attached hydrogens (tertiary/aromatic N) is 4. The molecule has 3 aromatic carbocycles. The normalized spacial score (nSPS) is 13.9. The van der Waals surface area contributed by atoms with Crippen LogP contribution in [-0.2, 0) is 0 Å². The molecule has 40 heavy (non-hydrogen) atoms. The highest BCUT2D eigenvalue weighted by molar-refractivity contribution is 6.07. The number of furan rings is 1. The second kappa shape index (κ2) is 10.8. The highest BCUT2D eigenvalue weighted by Crippen LogP contribution is 2.43. The number of likely N-dealkylation sites (N-methyl/N-ethyl adjacent to an activating group) is 1. The van der Waals surface area contributed by atoms with E-state index in [0.717, 1.165) is 54.1 Å². The van der Waals surface area contributed by atoms with Crippen molar-refractivity contribution in [2.24, 2.45) is 0 Å². The number of ether oxygens (including phenoxy) is 1. The second-order valence-electron chi connectivity index (χ2n) is 9.74. The van der Waals surface area contributed by atoms with E-state index in [4.69, 9.17) is 9.15 Å². The molecule has 3 heterocycles. The molecule has 1 N–H and O–H groups in total. The maximum atomic E-state index is 13.9. The molecule has 1 saturated heterocycles. The van der Waals surface area contributed by atoms with Crippen molar-refractivity contribution in [1.82, 2.24) is 14.9 Å². The van der Waals surface area contributed by atoms with Gasteiger partial charge < -0.3 is 24.3 Å². The van der Waals surface area contributed by atoms with Crippen molar-refractivity contribution in [1.29, 1.82) is 0 Å². The summed E-state index contributed by atoms with van der Waals surface area (Å²) in [7, 11) is 3.69. The maximum absolute atomic E-state index is 13.9. The van der Waals surface area contributed by atoms with Crippen LogP contribution in [0.25, 0.3) is 33.6 Å². The second-order valence-corrected chi connectivity index (χ2v) is 9.74. The molecule has 0 unspecified atom stereocenters. The van der Waals surface area contributed by atoms with E-state index in [9.17, 15) is 9.18 Å². The first-order valence-electron chi connectivity index (χ1n) is 13.0. The van der Waals surface area contributed by atoms with Crippen molar-refractivity contribution >= 4 is 28.5 Å². The standard InChI is InChI=1S/C31H28FN5O3/c1-36-15-17-37(18-16-36)29-27-26(20-3-9-23(32)10-4-20)28(40-31(27)34-19-33-29)21-5-11-24(12-6-21)35-30(38)22-7-13-25(39-2)14-8-22/h3-14,19H,15-18H2,1-2H3,(H,35,38). The lowest BCUT2D eigenvalue weighted by Gasteiger charge is -2.33. The number of piperazine rings is 1. The Morgan fingerprint density at radius 1 is 0.900 bits per heavy atom. The number of carbonyl (C=O) groups excluding carboxylic acids is 1. The Bertz CT molecular complexity index is 1640. The van der Waals surface area contributed by atoms with Crippen LogP contribution in [-0.4, -0.2) is 61.1 Å². The lowest BCUT2D eigenvalue weighted by atomic mass is 9.99. The van der Waals surface area contributed by atoms with Gasteiger partial charge in [-0.15, -0.1) is 0 Å². The quantitative estimate of drug-likeness (QED) is 0.297. The summed E-state index contributed by atoms with van der Waals surface area (Å²) in [6, 6.07) is 20.7. The molecular formula is C31H28FN5O3. The van der Waals surface area contributed by atoms with Gasteiger partial charge in [-0.3, -0.25) is 4.79 Å². The molecule has 0 bridgehead atoms. The molecule has 6 rings (SSSR count). The zero-order valence-corrected chi connectivity index (χ0v) is 22.2. The number of aromatic nitrogens is 2. The molecule has 0 radical (unpaired) electrons. The lowest BCUT2D eigenvalue weighted by Crippen LogP contribution is -2.44. The van der Waals surface area contributed by atoms with E-state index in [2.05, 4.69) is 32.1 Å². The van der Waals surface area contributed by atoms with Crippen molar-refractivity contribution in [3.05, 3.63) is 90.5 Å². The van der Waals surface area contributed by atoms with Gasteiger partial charge in [-0.2, -0.15) is 0 Å². The Kier molecular flexibility index (Phi) is 6.88. The van der Waals surface area contributed by atoms with E-state index in [1.54, 1.807) is 43.5 Å². The van der Waals surface area contributed by atoms with Crippen LogP contribution in [0.4, 0.5) is 15.9 Å². The predicted octanol–water partition coefficient (Wildman–Crippen LogP) is 5.71. The SMILES string of the molecule is COc1ccc(C(=O)Nc2ccc(-c3oc4ncnc(N5CCN(C)CC5)c4c3-c3ccc(F)cc3)cc2)cc1. The fraction of sp³-hybridized carbons (Fsp3) is 0.194. The van der Waals surface area contributed by atoms with Crippen LogP contribution in [0.1, 0.15) is 10.4 Å². The molecule has 202 valence electrons. The molecular weight excluding hydrogens is 509 g/mol. The number of hydrogen-bond acceptors (Lipinski definition) is 7. The first kappa shape index (κ1) is 25.5. The highest BCUT2D eigenvalue weighted by Gasteiger charge is 2.26. The molecule has 0 aliphatic carbocycles. The molecule has 1 aliphatic heterocycles. The van der Waals surface area contributed by atoms with Crippen LogP contribution < -0.4 is 15.0 Å². The van der Waals surface area contributed by atoms with E-state index < -0.39 is 0 Å². The van der Waals surface area contributed by atoms with E-state index in [-0.39, 0.29) is 11.7 Å². The molecule has 1 amide bonds. The first-order chi connectivity index (χ1) is 19.5. The summed E-state index contributed by atoms with van der Waals surface area (Å²) in [4.78, 5) is 26.4. The number of hydrogen-bond donors (Lipinski definition) is 1. The van der Waals surface area contributed by atoms with Crippen molar-refractivity contribution < 1.29 is 18.3 Å². The van der Waals surface area contributed by atoms with Gasteiger partial charge in [0.1, 0.15) is 29.5 Å². The predicted molar refractivity (Wildman–Crippen MR) is 153 cm³/mol. The van der Waals surface area contributed by atoms with Gasteiger partial charge in [0.15, 0.2) is 0 Å². The number of methoxy groups -OCH3 is 1. The number of rotatable bonds is 6. The summed E-state index contributed by atoms with van der Waals surface area (Å²) in [6.45, 7) is 3.50. The summed E-state index contributed by atoms with van der Waals surface area (Å²) < 4.78 is 25.4. The van der Waals surface area contributed by atoms with Gasteiger partial charge in [0.05, 0.1) is 12.5 Å². The summed E-state index contributed by atoms with van der Waals surface area (Å²) in [5.74, 6) is 1.55. The highest BCUT2D eigenvalue weighted by atomic mass is 19.1. The number of fused-ring (bicyclic) bond motifs is 1. The van der Waals surface area contributed by atoms with Crippen molar-refractivity contribution in [2.75, 3.05) is 50.6 Å². The molecule has 5 aromatic rings. The Morgan fingerprint density at radius 3 is 2.25 bits per heavy atom. The van der Waals surface area contributed by atoms with E-state index in [1.165, 1.54) is 18.5 Å². The zero-order valence-electron chi connectivity index (χ0n) is 22.2. The number of halogens is 1. The molecule has 0 saturated carbocycles. The number of amides is 1. The molecule has 8 nitrogen and oxygen atoms in total. The van der Waals surface area contributed by atoms with Gasteiger partial charge in [0, 0.05) is 48.6 Å². The molecule has 1 aliphatic rings. The Labute approximate surface area is 231 Å². The van der Waals surface area contributed by atoms with Crippen LogP contribution in [0.5, 0.6) is 5.75 Å². The third-order valence-corrected chi connectivity index (χ3v) is 7.16. The Balaban J connectivity index is 1.38. The van der Waals surface area contributed by atoms with Gasteiger partial charge in [0.2, 0.25) is 5.71 Å². The fourth-order valence-corrected chi connectivity index (χ4v) is 4.92. The smallest absolute Gasteiger partial charge is 0.255 e. The molecule has 2 aromatic heterocycles. The van der Waals surface area contributed by atoms with Gasteiger partial charge >= 0.3 is 0 Å². The Hall–Kier alpha value is -4.76. The maximum Gasteiger partial charge on any atom is 0.255 e. The summed E-state index contributed by atoms with van der Waals surface area (Å²) in [5, 5.41) is 3.72. The van der Waals surface area contributed by atoms with Crippen LogP contribution in [0.3, 0.4) is 0 Å². The van der Waals surface area contributed by atoms with Gasteiger partial charge in [-0.1, -0.05) is 12.1 Å². The minimum absolute atomic E-state index is 0.224. The van der Waals surface area contributed by atoms with Crippen molar-refractivity contribution in [3.63, 3.8) is 0 Å². The monoisotopic (exact) mass is 537 g/mol. The van der Waals surface area contributed by atoms with Gasteiger partial charge in [-0.25, -0.2) is 14.4 Å². The molecule has 1 fully saturated rings. The number of benzene rings is 3. The lowest BCUT2D eigenvalue weighted by molar-refractivity contribution is 0.102. The summed E-state index contributed by atoms with van der Waals surface area (Å²) in [5.41, 5.74) is 4.04. The van der Waals surface area contributed by atoms with Crippen LogP contribution in [0, 0.1) is 5.82 Å². The molecule has 0 spiro atoms. The van der Waals surface area contributed by atoms with E-state index >= 15 is 0 Å². The molecule has 0 atom stereocenters. The van der Waals surface area contributed by atoms with Crippen LogP contribution >= 0.6 is 0 Å². The average Bonchev–Trinajstić information content (AvgIpc) is 3.38. The van der Waals surface area contributed by atoms with Gasteiger partial charge in [-0.05, 0) is 73.3 Å². The van der Waals surface area contributed by atoms with Crippen LogP contribution in [0.2, 0.25) is 0 Å². The summed E-state index contributed by atoms with van der Waals surface area (Å²) >= 11 is 0. The minimum atomic E-state index is -0.314. The summed E-state index contributed by atoms with van der Waals surface area (Å²) in [6.07, 6.45) is 1.52. The third-order valence-electron chi connectivity index (χ3n) is 7.16. The van der Waals surface area contributed by atoms with Crippen molar-refractivity contribution in [2.45, 2.75) is 0 Å². The Morgan fingerprint density at radius 2 is 1.57 bits per heavy atom. The van der Waals surface area contributed by atoms with Crippen LogP contribution in [0.15, 0.2) is 83.5 Å².